The van der Waals surface area contributed by atoms with Gasteiger partial charge in [-0.1, -0.05) is 83.0 Å². The quantitative estimate of drug-likeness (QED) is 0.233. The Morgan fingerprint density at radius 1 is 0.750 bits per heavy atom. The second-order valence-electron chi connectivity index (χ2n) is 8.21. The van der Waals surface area contributed by atoms with E-state index in [2.05, 4.69) is 84.0 Å². The normalized spacial score (nSPS) is 11.6. The first-order chi connectivity index (χ1) is 9.68. The third kappa shape index (κ3) is 4.04. The zero-order valence-electron chi connectivity index (χ0n) is 16.5. The van der Waals surface area contributed by atoms with Gasteiger partial charge in [0, 0.05) is 25.8 Å². The number of rotatable bonds is 0. The summed E-state index contributed by atoms with van der Waals surface area (Å²) in [6, 6.07) is 16.0. The van der Waals surface area contributed by atoms with Gasteiger partial charge in [-0.15, -0.1) is 33.7 Å². The summed E-state index contributed by atoms with van der Waals surface area (Å²) in [4.78, 5) is 0. The first-order valence-electron chi connectivity index (χ1n) is 7.81. The van der Waals surface area contributed by atoms with E-state index in [4.69, 9.17) is 0 Å². The van der Waals surface area contributed by atoms with Crippen molar-refractivity contribution in [2.75, 3.05) is 0 Å². The van der Waals surface area contributed by atoms with Gasteiger partial charge in [-0.25, -0.2) is 0 Å². The monoisotopic (exact) mass is 487 g/mol. The zero-order valence-corrected chi connectivity index (χ0v) is 20.1. The van der Waals surface area contributed by atoms with Crippen LogP contribution in [0.1, 0.15) is 52.7 Å². The molecular formula is C23H31Hf-3. The molecule has 0 heterocycles. The molecule has 1 heteroatoms. The molecule has 0 saturated heterocycles. The molecule has 3 aromatic carbocycles. The van der Waals surface area contributed by atoms with Gasteiger partial charge in [0.05, 0.1) is 0 Å². The van der Waals surface area contributed by atoms with Gasteiger partial charge < -0.3 is 14.9 Å². The first-order valence-corrected chi connectivity index (χ1v) is 7.81. The van der Waals surface area contributed by atoms with Crippen LogP contribution in [0.5, 0.6) is 0 Å². The van der Waals surface area contributed by atoms with Crippen LogP contribution in [0.15, 0.2) is 42.5 Å². The van der Waals surface area contributed by atoms with Crippen molar-refractivity contribution < 1.29 is 25.8 Å². The molecule has 0 fully saturated rings. The van der Waals surface area contributed by atoms with Gasteiger partial charge in [0.15, 0.2) is 0 Å². The van der Waals surface area contributed by atoms with E-state index in [1.54, 1.807) is 0 Å². The van der Waals surface area contributed by atoms with Crippen LogP contribution in [0.25, 0.3) is 21.5 Å². The van der Waals surface area contributed by atoms with Gasteiger partial charge in [0.25, 0.3) is 0 Å². The Morgan fingerprint density at radius 2 is 1.38 bits per heavy atom. The Balaban J connectivity index is 0.00000176. The van der Waals surface area contributed by atoms with Gasteiger partial charge in [0.1, 0.15) is 0 Å². The van der Waals surface area contributed by atoms with Crippen LogP contribution in [0.4, 0.5) is 0 Å². The molecule has 0 N–H and O–H groups in total. The average Bonchev–Trinajstić information content (AvgIpc) is 2.73. The van der Waals surface area contributed by atoms with E-state index >= 15 is 0 Å². The van der Waals surface area contributed by atoms with Crippen LogP contribution in [-0.2, 0) is 36.7 Å². The maximum atomic E-state index is 2.38. The van der Waals surface area contributed by atoms with Crippen LogP contribution >= 0.6 is 0 Å². The van der Waals surface area contributed by atoms with E-state index in [0.717, 1.165) is 0 Å². The summed E-state index contributed by atoms with van der Waals surface area (Å²) in [5.74, 6) is 0. The summed E-state index contributed by atoms with van der Waals surface area (Å²) in [5, 5.41) is 5.55. The van der Waals surface area contributed by atoms with Crippen molar-refractivity contribution in [3.8, 4) is 0 Å². The molecule has 0 saturated carbocycles. The van der Waals surface area contributed by atoms with Crippen LogP contribution in [0, 0.1) is 14.9 Å². The number of benzene rings is 2. The second kappa shape index (κ2) is 7.60. The average molecular weight is 486 g/mol. The van der Waals surface area contributed by atoms with E-state index in [-0.39, 0.29) is 51.5 Å². The second-order valence-corrected chi connectivity index (χ2v) is 8.21. The Labute approximate surface area is 167 Å². The minimum Gasteiger partial charge on any atom is -0.358 e. The van der Waals surface area contributed by atoms with E-state index in [1.165, 1.54) is 32.7 Å². The van der Waals surface area contributed by atoms with Crippen molar-refractivity contribution in [2.45, 2.75) is 52.4 Å². The summed E-state index contributed by atoms with van der Waals surface area (Å²) in [7, 11) is 0. The van der Waals surface area contributed by atoms with Gasteiger partial charge in [0.2, 0.25) is 0 Å². The van der Waals surface area contributed by atoms with Crippen LogP contribution in [0.3, 0.4) is 0 Å². The van der Waals surface area contributed by atoms with Gasteiger partial charge >= 0.3 is 0 Å². The fourth-order valence-corrected chi connectivity index (χ4v) is 3.15. The Morgan fingerprint density at radius 3 is 1.92 bits per heavy atom. The van der Waals surface area contributed by atoms with Crippen molar-refractivity contribution in [1.29, 1.82) is 0 Å². The molecule has 130 valence electrons. The molecule has 3 aromatic rings. The minimum absolute atomic E-state index is 0. The summed E-state index contributed by atoms with van der Waals surface area (Å²) in [6.45, 7) is 13.7. The molecule has 3 rings (SSSR count). The van der Waals surface area contributed by atoms with Gasteiger partial charge in [-0.3, -0.25) is 0 Å². The molecule has 0 aliphatic rings. The maximum absolute atomic E-state index is 2.38. The van der Waals surface area contributed by atoms with E-state index in [0.29, 0.717) is 0 Å². The Kier molecular flexibility index (Phi) is 7.34. The van der Waals surface area contributed by atoms with Crippen LogP contribution in [-0.4, -0.2) is 0 Å². The molecule has 0 nitrogen and oxygen atoms in total. The van der Waals surface area contributed by atoms with Gasteiger partial charge in [-0.2, -0.15) is 0 Å². The van der Waals surface area contributed by atoms with Crippen molar-refractivity contribution in [2.24, 2.45) is 0 Å². The summed E-state index contributed by atoms with van der Waals surface area (Å²) in [6.07, 6.45) is 0. The summed E-state index contributed by atoms with van der Waals surface area (Å²) >= 11 is 0. The molecular weight excluding hydrogens is 455 g/mol. The molecule has 0 aromatic heterocycles. The predicted molar refractivity (Wildman–Crippen MR) is 107 cm³/mol. The Hall–Kier alpha value is -0.820. The van der Waals surface area contributed by atoms with Crippen molar-refractivity contribution in [3.63, 3.8) is 0 Å². The third-order valence-corrected chi connectivity index (χ3v) is 4.42. The first kappa shape index (κ1) is 23.2. The molecule has 0 atom stereocenters. The molecule has 24 heavy (non-hydrogen) atoms. The topological polar surface area (TPSA) is 0 Å². The van der Waals surface area contributed by atoms with E-state index < -0.39 is 0 Å². The van der Waals surface area contributed by atoms with Crippen LogP contribution < -0.4 is 0 Å². The smallest absolute Gasteiger partial charge is 0 e. The number of hydrogen-bond acceptors (Lipinski definition) is 0. The van der Waals surface area contributed by atoms with Crippen molar-refractivity contribution in [3.05, 3.63) is 68.4 Å². The predicted octanol–water partition coefficient (Wildman–Crippen LogP) is 7.20. The van der Waals surface area contributed by atoms with Crippen molar-refractivity contribution in [1.82, 2.24) is 0 Å². The molecule has 0 unspecified atom stereocenters. The summed E-state index contributed by atoms with van der Waals surface area (Å²) in [5.41, 5.74) is 3.22. The molecule has 0 aliphatic heterocycles. The third-order valence-electron chi connectivity index (χ3n) is 4.42. The standard InChI is InChI=1S/C21H25.2CH3.Hf/c1-20(2,3)15-11-10-14-12-18-16(17(14)13-15)8-7-9-19(18)21(4,5)6;;;/h7-13H,1-6H3;2*1H3;/q3*-1;. The SMILES string of the molecule is CC(C)(C)c1ccc2[cH-]c3c(C(C)(C)C)cccc3c2c1.[CH3-].[CH3-].[Hf]. The number of fused-ring (bicyclic) bond motifs is 3. The maximum Gasteiger partial charge on any atom is 0 e. The minimum atomic E-state index is 0. The van der Waals surface area contributed by atoms with E-state index in [9.17, 15) is 0 Å². The molecule has 0 aliphatic carbocycles. The molecule has 0 bridgehead atoms. The molecule has 0 radical (unpaired) electrons. The fourth-order valence-electron chi connectivity index (χ4n) is 3.15. The van der Waals surface area contributed by atoms with Gasteiger partial charge in [-0.05, 0) is 10.8 Å². The zero-order chi connectivity index (χ0) is 15.4. The van der Waals surface area contributed by atoms with E-state index in [1.807, 2.05) is 0 Å². The molecule has 0 amide bonds. The van der Waals surface area contributed by atoms with Crippen LogP contribution in [0.2, 0.25) is 0 Å². The Bertz CT molecular complexity index is 808. The number of hydrogen-bond donors (Lipinski definition) is 0. The molecule has 0 spiro atoms. The summed E-state index contributed by atoms with van der Waals surface area (Å²) < 4.78 is 0. The van der Waals surface area contributed by atoms with Crippen molar-refractivity contribution >= 4 is 21.5 Å². The largest absolute Gasteiger partial charge is 0.358 e. The fraction of sp³-hybridized carbons (Fsp3) is 0.348.